The fraction of sp³-hybridized carbons (Fsp3) is 0.263. The van der Waals surface area contributed by atoms with Gasteiger partial charge >= 0.3 is 0 Å². The number of rotatable bonds is 3. The van der Waals surface area contributed by atoms with Gasteiger partial charge in [0.05, 0.1) is 6.26 Å². The first-order valence-corrected chi connectivity index (χ1v) is 8.33. The number of aromatic amines is 1. The predicted octanol–water partition coefficient (Wildman–Crippen LogP) is 2.71. The summed E-state index contributed by atoms with van der Waals surface area (Å²) in [5, 5.41) is 3.94. The van der Waals surface area contributed by atoms with Gasteiger partial charge in [-0.1, -0.05) is 12.1 Å². The van der Waals surface area contributed by atoms with Crippen molar-refractivity contribution in [2.24, 2.45) is 0 Å². The van der Waals surface area contributed by atoms with Crippen molar-refractivity contribution in [2.45, 2.75) is 19.4 Å². The summed E-state index contributed by atoms with van der Waals surface area (Å²) in [5.41, 5.74) is 2.69. The van der Waals surface area contributed by atoms with Gasteiger partial charge in [-0.15, -0.1) is 0 Å². The third-order valence-corrected chi connectivity index (χ3v) is 4.56. The second-order valence-corrected chi connectivity index (χ2v) is 6.46. The van der Waals surface area contributed by atoms with E-state index in [0.29, 0.717) is 18.8 Å². The minimum Gasteiger partial charge on any atom is -0.459 e. The topological polar surface area (TPSA) is 78.3 Å². The highest BCUT2D eigenvalue weighted by molar-refractivity contribution is 5.98. The van der Waals surface area contributed by atoms with Gasteiger partial charge in [0.2, 0.25) is 0 Å². The number of likely N-dealkylation sites (tertiary alicyclic amines) is 1. The summed E-state index contributed by atoms with van der Waals surface area (Å²) in [7, 11) is 0. The molecule has 1 atom stereocenters. The fourth-order valence-electron chi connectivity index (χ4n) is 3.25. The molecule has 0 spiro atoms. The smallest absolute Gasteiger partial charge is 0.287 e. The van der Waals surface area contributed by atoms with E-state index < -0.39 is 0 Å². The molecule has 2 aromatic heterocycles. The number of aryl methyl sites for hydroxylation is 1. The zero-order valence-corrected chi connectivity index (χ0v) is 13.9. The number of nitrogens with one attached hydrogen (secondary N) is 2. The maximum absolute atomic E-state index is 12.7. The van der Waals surface area contributed by atoms with Crippen LogP contribution in [0.25, 0.3) is 10.9 Å². The molecule has 0 saturated carbocycles. The molecule has 3 heterocycles. The van der Waals surface area contributed by atoms with E-state index in [0.717, 1.165) is 22.9 Å². The largest absolute Gasteiger partial charge is 0.459 e. The Labute approximate surface area is 144 Å². The molecule has 2 amide bonds. The van der Waals surface area contributed by atoms with Gasteiger partial charge < -0.3 is 19.6 Å². The van der Waals surface area contributed by atoms with Crippen LogP contribution in [0.5, 0.6) is 0 Å². The van der Waals surface area contributed by atoms with Crippen LogP contribution < -0.4 is 5.32 Å². The van der Waals surface area contributed by atoms with Crippen molar-refractivity contribution in [3.63, 3.8) is 0 Å². The van der Waals surface area contributed by atoms with Crippen LogP contribution in [0, 0.1) is 6.92 Å². The zero-order valence-electron chi connectivity index (χ0n) is 13.9. The highest BCUT2D eigenvalue weighted by Gasteiger charge is 2.29. The van der Waals surface area contributed by atoms with Crippen LogP contribution in [0.4, 0.5) is 0 Å². The Balaban J connectivity index is 1.43. The molecule has 25 heavy (non-hydrogen) atoms. The number of amides is 2. The number of carbonyl (C=O) groups excluding carboxylic acids is 2. The molecular formula is C19H19N3O3. The van der Waals surface area contributed by atoms with E-state index in [9.17, 15) is 9.59 Å². The molecule has 4 rings (SSSR count). The van der Waals surface area contributed by atoms with Crippen molar-refractivity contribution in [3.8, 4) is 0 Å². The van der Waals surface area contributed by atoms with Gasteiger partial charge in [-0.2, -0.15) is 0 Å². The number of fused-ring (bicyclic) bond motifs is 1. The third-order valence-electron chi connectivity index (χ3n) is 4.56. The monoisotopic (exact) mass is 337 g/mol. The van der Waals surface area contributed by atoms with Crippen molar-refractivity contribution in [2.75, 3.05) is 13.1 Å². The van der Waals surface area contributed by atoms with Crippen molar-refractivity contribution in [1.29, 1.82) is 0 Å². The van der Waals surface area contributed by atoms with E-state index in [-0.39, 0.29) is 23.6 Å². The van der Waals surface area contributed by atoms with E-state index >= 15 is 0 Å². The minimum atomic E-state index is -0.245. The van der Waals surface area contributed by atoms with Crippen LogP contribution in [0.1, 0.15) is 33.0 Å². The molecule has 6 nitrogen and oxygen atoms in total. The normalized spacial score (nSPS) is 17.2. The first-order valence-electron chi connectivity index (χ1n) is 8.33. The molecule has 0 radical (unpaired) electrons. The summed E-state index contributed by atoms with van der Waals surface area (Å²) in [5.74, 6) is 0.00440. The van der Waals surface area contributed by atoms with E-state index in [2.05, 4.69) is 10.3 Å². The van der Waals surface area contributed by atoms with Crippen molar-refractivity contribution in [3.05, 3.63) is 59.7 Å². The van der Waals surface area contributed by atoms with E-state index in [1.807, 2.05) is 31.2 Å². The van der Waals surface area contributed by atoms with Gasteiger partial charge in [0.15, 0.2) is 5.76 Å². The third kappa shape index (κ3) is 3.03. The lowest BCUT2D eigenvalue weighted by atomic mass is 10.2. The van der Waals surface area contributed by atoms with Gasteiger partial charge in [0.1, 0.15) is 5.69 Å². The number of carbonyl (C=O) groups is 2. The van der Waals surface area contributed by atoms with Crippen LogP contribution in [0.3, 0.4) is 0 Å². The van der Waals surface area contributed by atoms with E-state index in [4.69, 9.17) is 4.42 Å². The summed E-state index contributed by atoms with van der Waals surface area (Å²) in [6.07, 6.45) is 2.20. The molecule has 1 fully saturated rings. The van der Waals surface area contributed by atoms with Crippen LogP contribution >= 0.6 is 0 Å². The number of aromatic nitrogens is 1. The Morgan fingerprint density at radius 2 is 2.16 bits per heavy atom. The van der Waals surface area contributed by atoms with Crippen molar-refractivity contribution >= 4 is 22.7 Å². The number of hydrogen-bond acceptors (Lipinski definition) is 3. The molecule has 3 aromatic rings. The van der Waals surface area contributed by atoms with Gasteiger partial charge in [-0.05, 0) is 43.2 Å². The maximum Gasteiger partial charge on any atom is 0.287 e. The molecule has 0 unspecified atom stereocenters. The molecule has 1 aromatic carbocycles. The lowest BCUT2D eigenvalue weighted by Crippen LogP contribution is -2.38. The number of nitrogens with zero attached hydrogens (tertiary/aromatic N) is 1. The Kier molecular flexibility index (Phi) is 3.80. The first-order chi connectivity index (χ1) is 12.1. The van der Waals surface area contributed by atoms with Crippen LogP contribution in [0.2, 0.25) is 0 Å². The molecule has 1 saturated heterocycles. The highest BCUT2D eigenvalue weighted by atomic mass is 16.3. The standard InChI is InChI=1S/C19H19N3O3/c1-12-4-5-13-10-16(21-15(13)9-12)19(24)22-7-6-14(11-22)20-18(23)17-3-2-8-25-17/h2-5,8-10,14,21H,6-7,11H2,1H3,(H,20,23)/t14-/m1/s1. The number of hydrogen-bond donors (Lipinski definition) is 2. The van der Waals surface area contributed by atoms with Gasteiger partial charge in [-0.3, -0.25) is 9.59 Å². The molecule has 6 heteroatoms. The Morgan fingerprint density at radius 1 is 1.28 bits per heavy atom. The number of benzene rings is 1. The maximum atomic E-state index is 12.7. The predicted molar refractivity (Wildman–Crippen MR) is 93.5 cm³/mol. The van der Waals surface area contributed by atoms with Crippen LogP contribution in [-0.4, -0.2) is 40.8 Å². The summed E-state index contributed by atoms with van der Waals surface area (Å²) in [4.78, 5) is 29.7. The molecular weight excluding hydrogens is 318 g/mol. The van der Waals surface area contributed by atoms with Gasteiger partial charge in [0, 0.05) is 30.0 Å². The average Bonchev–Trinajstić information content (AvgIpc) is 3.33. The molecule has 0 bridgehead atoms. The highest BCUT2D eigenvalue weighted by Crippen LogP contribution is 2.20. The van der Waals surface area contributed by atoms with E-state index in [1.165, 1.54) is 6.26 Å². The summed E-state index contributed by atoms with van der Waals surface area (Å²) >= 11 is 0. The Morgan fingerprint density at radius 3 is 2.96 bits per heavy atom. The molecule has 128 valence electrons. The lowest BCUT2D eigenvalue weighted by molar-refractivity contribution is 0.0777. The summed E-state index contributed by atoms with van der Waals surface area (Å²) in [6.45, 7) is 3.14. The van der Waals surface area contributed by atoms with Crippen molar-refractivity contribution < 1.29 is 14.0 Å². The second-order valence-electron chi connectivity index (χ2n) is 6.46. The molecule has 0 aliphatic carbocycles. The van der Waals surface area contributed by atoms with Crippen molar-refractivity contribution in [1.82, 2.24) is 15.2 Å². The zero-order chi connectivity index (χ0) is 17.4. The average molecular weight is 337 g/mol. The number of H-pyrrole nitrogens is 1. The van der Waals surface area contributed by atoms with Crippen LogP contribution in [0.15, 0.2) is 47.1 Å². The molecule has 1 aliphatic rings. The summed E-state index contributed by atoms with van der Waals surface area (Å²) < 4.78 is 5.09. The van der Waals surface area contributed by atoms with Gasteiger partial charge in [0.25, 0.3) is 11.8 Å². The second kappa shape index (κ2) is 6.12. The Hall–Kier alpha value is -3.02. The first kappa shape index (κ1) is 15.5. The number of furan rings is 1. The van der Waals surface area contributed by atoms with Crippen LogP contribution in [-0.2, 0) is 0 Å². The Bertz CT molecular complexity index is 927. The minimum absolute atomic E-state index is 0.0383. The fourth-order valence-corrected chi connectivity index (χ4v) is 3.25. The lowest BCUT2D eigenvalue weighted by Gasteiger charge is -2.16. The molecule has 2 N–H and O–H groups in total. The summed E-state index contributed by atoms with van der Waals surface area (Å²) in [6, 6.07) is 11.2. The molecule has 1 aliphatic heterocycles. The SMILES string of the molecule is Cc1ccc2cc(C(=O)N3CC[C@@H](NC(=O)c4ccco4)C3)[nH]c2c1. The quantitative estimate of drug-likeness (QED) is 0.771. The van der Waals surface area contributed by atoms with Gasteiger partial charge in [-0.25, -0.2) is 0 Å². The van der Waals surface area contributed by atoms with E-state index in [1.54, 1.807) is 17.0 Å².